The van der Waals surface area contributed by atoms with Crippen LogP contribution in [0, 0.1) is 23.7 Å². The summed E-state index contributed by atoms with van der Waals surface area (Å²) < 4.78 is 18.0. The van der Waals surface area contributed by atoms with E-state index in [0.717, 1.165) is 19.3 Å². The topological polar surface area (TPSA) is 167 Å². The number of carboxylic acid groups (broad SMARTS) is 2. The molecule has 1 spiro atoms. The van der Waals surface area contributed by atoms with E-state index in [1.165, 1.54) is 0 Å². The number of carboxylic acids is 2. The number of carbonyl (C=O) groups excluding carboxylic acids is 2. The van der Waals surface area contributed by atoms with Crippen LogP contribution in [0.1, 0.15) is 72.1 Å². The molecule has 1 amide bonds. The van der Waals surface area contributed by atoms with Gasteiger partial charge in [0.25, 0.3) is 0 Å². The standard InChI is InChI=1S/C24H35NO11/c1-12-4-5-15-13(2)21(33-22-24(15)14(12)10-11-23(3,34-22)35-36-24)32-19(29)9-7-17(26)25-16(20(30)31)6-8-18(27)28/h12-16,21-22H,4-11H2,1-3H3,(H,25,26)(H,27,28)(H,30,31)/t12-,13-,14+,15+,16+,21-,22-,23-,24+/m1/s1. The predicted octanol–water partition coefficient (Wildman–Crippen LogP) is 1.95. The van der Waals surface area contributed by atoms with Crippen LogP contribution in [0.4, 0.5) is 0 Å². The molecule has 202 valence electrons. The average molecular weight is 514 g/mol. The number of aliphatic carboxylic acids is 2. The third-order valence-electron chi connectivity index (χ3n) is 8.18. The van der Waals surface area contributed by atoms with Gasteiger partial charge < -0.3 is 29.7 Å². The molecule has 4 saturated heterocycles. The van der Waals surface area contributed by atoms with Gasteiger partial charge in [0.15, 0.2) is 11.9 Å². The maximum atomic E-state index is 12.6. The summed E-state index contributed by atoms with van der Waals surface area (Å²) in [5, 5.41) is 20.2. The summed E-state index contributed by atoms with van der Waals surface area (Å²) in [6.07, 6.45) is 0.452. The van der Waals surface area contributed by atoms with Gasteiger partial charge in [-0.2, -0.15) is 0 Å². The fourth-order valence-corrected chi connectivity index (χ4v) is 6.20. The Morgan fingerprint density at radius 2 is 1.78 bits per heavy atom. The van der Waals surface area contributed by atoms with Gasteiger partial charge in [0.2, 0.25) is 18.0 Å². The van der Waals surface area contributed by atoms with Crippen LogP contribution >= 0.6 is 0 Å². The van der Waals surface area contributed by atoms with Crippen molar-refractivity contribution in [2.24, 2.45) is 23.7 Å². The number of hydrogen-bond donors (Lipinski definition) is 3. The molecule has 0 aromatic rings. The number of fused-ring (bicyclic) bond motifs is 2. The molecule has 3 N–H and O–H groups in total. The number of amides is 1. The average Bonchev–Trinajstić information content (AvgIpc) is 3.04. The molecule has 1 saturated carbocycles. The van der Waals surface area contributed by atoms with E-state index in [-0.39, 0.29) is 37.0 Å². The minimum absolute atomic E-state index is 0.0215. The highest BCUT2D eigenvalue weighted by molar-refractivity contribution is 5.86. The number of hydrogen-bond acceptors (Lipinski definition) is 9. The zero-order chi connectivity index (χ0) is 26.3. The number of rotatable bonds is 9. The van der Waals surface area contributed by atoms with Crippen LogP contribution in [0.25, 0.3) is 0 Å². The zero-order valence-electron chi connectivity index (χ0n) is 20.8. The Balaban J connectivity index is 1.36. The summed E-state index contributed by atoms with van der Waals surface area (Å²) >= 11 is 0. The Bertz CT molecular complexity index is 895. The van der Waals surface area contributed by atoms with Gasteiger partial charge in [-0.3, -0.25) is 14.4 Å². The minimum atomic E-state index is -1.35. The van der Waals surface area contributed by atoms with Crippen LogP contribution in [0.2, 0.25) is 0 Å². The number of carbonyl (C=O) groups is 4. The quantitative estimate of drug-likeness (QED) is 0.304. The van der Waals surface area contributed by atoms with Crippen LogP contribution in [-0.4, -0.2) is 64.0 Å². The second-order valence-corrected chi connectivity index (χ2v) is 10.7. The van der Waals surface area contributed by atoms with E-state index in [1.807, 2.05) is 6.92 Å². The zero-order valence-corrected chi connectivity index (χ0v) is 20.8. The Hall–Kier alpha value is -2.28. The highest BCUT2D eigenvalue weighted by Gasteiger charge is 2.69. The summed E-state index contributed by atoms with van der Waals surface area (Å²) in [5.74, 6) is -4.48. The molecular formula is C24H35NO11. The van der Waals surface area contributed by atoms with E-state index >= 15 is 0 Å². The fourth-order valence-electron chi connectivity index (χ4n) is 6.20. The maximum Gasteiger partial charge on any atom is 0.326 e. The minimum Gasteiger partial charge on any atom is -0.481 e. The van der Waals surface area contributed by atoms with Crippen molar-refractivity contribution in [2.45, 2.75) is 102 Å². The molecule has 0 aromatic heterocycles. The van der Waals surface area contributed by atoms with Gasteiger partial charge in [0, 0.05) is 31.1 Å². The number of ether oxygens (including phenoxy) is 3. The first-order chi connectivity index (χ1) is 16.9. The van der Waals surface area contributed by atoms with Gasteiger partial charge in [0.1, 0.15) is 6.04 Å². The van der Waals surface area contributed by atoms with Crippen molar-refractivity contribution in [3.63, 3.8) is 0 Å². The van der Waals surface area contributed by atoms with Gasteiger partial charge in [-0.25, -0.2) is 14.6 Å². The SMILES string of the molecule is C[C@H]1[C@H](OC(=O)CCC(=O)N[C@@H](CCC(=O)O)C(=O)O)O[C@@H]2O[C@@]3(C)CC[C@H]4[C@H](C)CC[C@@H]1[C@]24OO3. The van der Waals surface area contributed by atoms with Gasteiger partial charge in [0.05, 0.1) is 6.42 Å². The largest absolute Gasteiger partial charge is 0.481 e. The van der Waals surface area contributed by atoms with Crippen molar-refractivity contribution in [3.05, 3.63) is 0 Å². The molecule has 0 aromatic carbocycles. The summed E-state index contributed by atoms with van der Waals surface area (Å²) in [4.78, 5) is 58.5. The maximum absolute atomic E-state index is 12.6. The molecule has 12 nitrogen and oxygen atoms in total. The molecule has 4 aliphatic heterocycles. The molecule has 12 heteroatoms. The lowest BCUT2D eigenvalue weighted by Gasteiger charge is -2.59. The normalized spacial score (nSPS) is 39.9. The molecule has 5 rings (SSSR count). The van der Waals surface area contributed by atoms with Crippen molar-refractivity contribution in [1.29, 1.82) is 0 Å². The van der Waals surface area contributed by atoms with Crippen molar-refractivity contribution >= 4 is 23.8 Å². The van der Waals surface area contributed by atoms with E-state index in [4.69, 9.17) is 29.1 Å². The first-order valence-electron chi connectivity index (χ1n) is 12.6. The second kappa shape index (κ2) is 10.2. The van der Waals surface area contributed by atoms with E-state index in [1.54, 1.807) is 6.92 Å². The van der Waals surface area contributed by atoms with Gasteiger partial charge >= 0.3 is 17.9 Å². The summed E-state index contributed by atoms with van der Waals surface area (Å²) in [5.41, 5.74) is -0.780. The van der Waals surface area contributed by atoms with E-state index in [0.29, 0.717) is 12.3 Å². The van der Waals surface area contributed by atoms with E-state index in [9.17, 15) is 24.3 Å². The van der Waals surface area contributed by atoms with Crippen LogP contribution in [0.15, 0.2) is 0 Å². The first kappa shape index (κ1) is 26.8. The molecule has 5 aliphatic rings. The molecule has 9 atom stereocenters. The molecule has 5 fully saturated rings. The van der Waals surface area contributed by atoms with Crippen LogP contribution in [0.5, 0.6) is 0 Å². The molecule has 1 aliphatic carbocycles. The summed E-state index contributed by atoms with van der Waals surface area (Å²) in [6, 6.07) is -1.35. The first-order valence-corrected chi connectivity index (χ1v) is 12.6. The van der Waals surface area contributed by atoms with Crippen molar-refractivity contribution < 1.29 is 53.4 Å². The third-order valence-corrected chi connectivity index (χ3v) is 8.18. The third kappa shape index (κ3) is 5.09. The van der Waals surface area contributed by atoms with Crippen LogP contribution < -0.4 is 5.32 Å². The van der Waals surface area contributed by atoms with Crippen LogP contribution in [0.3, 0.4) is 0 Å². The lowest BCUT2D eigenvalue weighted by molar-refractivity contribution is -0.576. The Morgan fingerprint density at radius 1 is 1.03 bits per heavy atom. The Labute approximate surface area is 208 Å². The lowest BCUT2D eigenvalue weighted by Crippen LogP contribution is -2.70. The number of nitrogens with one attached hydrogen (secondary N) is 1. The van der Waals surface area contributed by atoms with Crippen LogP contribution in [-0.2, 0) is 43.2 Å². The monoisotopic (exact) mass is 513 g/mol. The smallest absolute Gasteiger partial charge is 0.326 e. The number of esters is 1. The van der Waals surface area contributed by atoms with E-state index in [2.05, 4.69) is 12.2 Å². The predicted molar refractivity (Wildman–Crippen MR) is 119 cm³/mol. The molecule has 2 bridgehead atoms. The highest BCUT2D eigenvalue weighted by atomic mass is 17.3. The van der Waals surface area contributed by atoms with Gasteiger partial charge in [-0.15, -0.1) is 0 Å². The summed E-state index contributed by atoms with van der Waals surface area (Å²) in [6.45, 7) is 5.95. The van der Waals surface area contributed by atoms with Crippen molar-refractivity contribution in [1.82, 2.24) is 5.32 Å². The van der Waals surface area contributed by atoms with Gasteiger partial charge in [-0.1, -0.05) is 13.8 Å². The second-order valence-electron chi connectivity index (χ2n) is 10.7. The fraction of sp³-hybridized carbons (Fsp3) is 0.833. The van der Waals surface area contributed by atoms with Crippen molar-refractivity contribution in [2.75, 3.05) is 0 Å². The van der Waals surface area contributed by atoms with Gasteiger partial charge in [-0.05, 0) is 44.4 Å². The molecule has 0 unspecified atom stereocenters. The highest BCUT2D eigenvalue weighted by Crippen LogP contribution is 2.60. The molecule has 4 heterocycles. The lowest BCUT2D eigenvalue weighted by atomic mass is 9.58. The Morgan fingerprint density at radius 3 is 2.47 bits per heavy atom. The van der Waals surface area contributed by atoms with Crippen molar-refractivity contribution in [3.8, 4) is 0 Å². The Kier molecular flexibility index (Phi) is 7.61. The molecular weight excluding hydrogens is 478 g/mol. The summed E-state index contributed by atoms with van der Waals surface area (Å²) in [7, 11) is 0. The molecule has 0 radical (unpaired) electrons. The van der Waals surface area contributed by atoms with E-state index < -0.39 is 60.2 Å². The molecule has 36 heavy (non-hydrogen) atoms.